The van der Waals surface area contributed by atoms with Gasteiger partial charge in [0.05, 0.1) is 5.54 Å². The first kappa shape index (κ1) is 14.2. The van der Waals surface area contributed by atoms with Gasteiger partial charge in [-0.2, -0.15) is 0 Å². The van der Waals surface area contributed by atoms with Crippen LogP contribution in [-0.4, -0.2) is 24.0 Å². The van der Waals surface area contributed by atoms with Crippen molar-refractivity contribution >= 4 is 0 Å². The Labute approximate surface area is 115 Å². The molecule has 104 valence electrons. The molecule has 2 unspecified atom stereocenters. The first-order valence-electron chi connectivity index (χ1n) is 6.98. The molecule has 0 amide bonds. The summed E-state index contributed by atoms with van der Waals surface area (Å²) in [6.07, 6.45) is 4.77. The minimum absolute atomic E-state index is 0.102. The molecular formula is C16H23FN2. The first-order chi connectivity index (χ1) is 9.09. The van der Waals surface area contributed by atoms with E-state index in [0.717, 1.165) is 13.1 Å². The Morgan fingerprint density at radius 3 is 2.63 bits per heavy atom. The Morgan fingerprint density at radius 1 is 1.42 bits per heavy atom. The maximum Gasteiger partial charge on any atom is 0.128 e. The van der Waals surface area contributed by atoms with Gasteiger partial charge in [-0.05, 0) is 45.3 Å². The summed E-state index contributed by atoms with van der Waals surface area (Å²) in [4.78, 5) is 2.36. The van der Waals surface area contributed by atoms with Crippen molar-refractivity contribution < 1.29 is 4.39 Å². The number of hydrogen-bond donors (Lipinski definition) is 1. The van der Waals surface area contributed by atoms with Gasteiger partial charge in [0.2, 0.25) is 0 Å². The molecule has 0 aromatic heterocycles. The quantitative estimate of drug-likeness (QED) is 0.826. The zero-order valence-electron chi connectivity index (χ0n) is 11.6. The lowest BCUT2D eigenvalue weighted by atomic mass is 9.80. The van der Waals surface area contributed by atoms with Gasteiger partial charge < -0.3 is 5.73 Å². The zero-order valence-corrected chi connectivity index (χ0v) is 11.6. The van der Waals surface area contributed by atoms with Crippen molar-refractivity contribution in [3.05, 3.63) is 48.3 Å². The van der Waals surface area contributed by atoms with Gasteiger partial charge in [0, 0.05) is 11.6 Å². The highest BCUT2D eigenvalue weighted by Gasteiger charge is 2.38. The SMILES string of the molecule is C=CCC(N)(c1ccccc1F)C(C)N1CCCC1. The molecule has 2 N–H and O–H groups in total. The third kappa shape index (κ3) is 2.72. The van der Waals surface area contributed by atoms with Crippen LogP contribution in [0.2, 0.25) is 0 Å². The minimum Gasteiger partial charge on any atom is -0.320 e. The fourth-order valence-corrected chi connectivity index (χ4v) is 3.04. The van der Waals surface area contributed by atoms with Crippen LogP contribution >= 0.6 is 0 Å². The lowest BCUT2D eigenvalue weighted by Crippen LogP contribution is -2.54. The maximum absolute atomic E-state index is 14.1. The second kappa shape index (κ2) is 5.85. The molecule has 1 aromatic rings. The second-order valence-electron chi connectivity index (χ2n) is 5.43. The van der Waals surface area contributed by atoms with Crippen molar-refractivity contribution in [2.45, 2.75) is 37.8 Å². The van der Waals surface area contributed by atoms with E-state index in [1.54, 1.807) is 18.2 Å². The van der Waals surface area contributed by atoms with Gasteiger partial charge in [-0.3, -0.25) is 4.90 Å². The van der Waals surface area contributed by atoms with Gasteiger partial charge in [0.15, 0.2) is 0 Å². The summed E-state index contributed by atoms with van der Waals surface area (Å²) in [5.74, 6) is -0.224. The normalized spacial score (nSPS) is 21.0. The van der Waals surface area contributed by atoms with Crippen molar-refractivity contribution in [1.82, 2.24) is 4.90 Å². The van der Waals surface area contributed by atoms with Crippen molar-refractivity contribution in [2.75, 3.05) is 13.1 Å². The van der Waals surface area contributed by atoms with Crippen LogP contribution in [0.3, 0.4) is 0 Å². The van der Waals surface area contributed by atoms with Crippen molar-refractivity contribution in [1.29, 1.82) is 0 Å². The van der Waals surface area contributed by atoms with E-state index in [1.165, 1.54) is 18.9 Å². The molecule has 3 heteroatoms. The van der Waals surface area contributed by atoms with E-state index in [0.29, 0.717) is 12.0 Å². The molecule has 0 spiro atoms. The first-order valence-corrected chi connectivity index (χ1v) is 6.98. The average molecular weight is 262 g/mol. The Hall–Kier alpha value is -1.19. The van der Waals surface area contributed by atoms with E-state index >= 15 is 0 Å². The molecule has 1 aliphatic heterocycles. The van der Waals surface area contributed by atoms with Crippen LogP contribution in [0.15, 0.2) is 36.9 Å². The predicted octanol–water partition coefficient (Wildman–Crippen LogP) is 3.04. The summed E-state index contributed by atoms with van der Waals surface area (Å²) in [6.45, 7) is 7.98. The monoisotopic (exact) mass is 262 g/mol. The van der Waals surface area contributed by atoms with Crippen LogP contribution in [0, 0.1) is 5.82 Å². The van der Waals surface area contributed by atoms with Crippen LogP contribution in [0.4, 0.5) is 4.39 Å². The molecular weight excluding hydrogens is 239 g/mol. The third-order valence-electron chi connectivity index (χ3n) is 4.29. The smallest absolute Gasteiger partial charge is 0.128 e. The molecule has 19 heavy (non-hydrogen) atoms. The number of nitrogens with two attached hydrogens (primary N) is 1. The minimum atomic E-state index is -0.711. The highest BCUT2D eigenvalue weighted by atomic mass is 19.1. The molecule has 0 saturated carbocycles. The third-order valence-corrected chi connectivity index (χ3v) is 4.29. The Balaban J connectivity index is 2.36. The summed E-state index contributed by atoms with van der Waals surface area (Å²) in [7, 11) is 0. The molecule has 0 radical (unpaired) electrons. The maximum atomic E-state index is 14.1. The van der Waals surface area contributed by atoms with Crippen LogP contribution in [0.1, 0.15) is 31.7 Å². The fourth-order valence-electron chi connectivity index (χ4n) is 3.04. The van der Waals surface area contributed by atoms with Gasteiger partial charge in [0.25, 0.3) is 0 Å². The van der Waals surface area contributed by atoms with Crippen LogP contribution in [-0.2, 0) is 5.54 Å². The molecule has 1 aromatic carbocycles. The highest BCUT2D eigenvalue weighted by molar-refractivity contribution is 5.29. The Morgan fingerprint density at radius 2 is 2.05 bits per heavy atom. The average Bonchev–Trinajstić information content (AvgIpc) is 2.92. The van der Waals surface area contributed by atoms with Crippen molar-refractivity contribution in [2.24, 2.45) is 5.73 Å². The number of benzene rings is 1. The van der Waals surface area contributed by atoms with E-state index in [9.17, 15) is 4.39 Å². The molecule has 1 heterocycles. The van der Waals surface area contributed by atoms with E-state index in [2.05, 4.69) is 18.4 Å². The molecule has 1 saturated heterocycles. The second-order valence-corrected chi connectivity index (χ2v) is 5.43. The van der Waals surface area contributed by atoms with Crippen LogP contribution < -0.4 is 5.73 Å². The highest BCUT2D eigenvalue weighted by Crippen LogP contribution is 2.33. The lowest BCUT2D eigenvalue weighted by Gasteiger charge is -2.40. The van der Waals surface area contributed by atoms with E-state index in [-0.39, 0.29) is 11.9 Å². The van der Waals surface area contributed by atoms with Gasteiger partial charge in [-0.25, -0.2) is 4.39 Å². The number of rotatable bonds is 5. The summed E-state index contributed by atoms with van der Waals surface area (Å²) >= 11 is 0. The molecule has 2 rings (SSSR count). The Kier molecular flexibility index (Phi) is 4.38. The lowest BCUT2D eigenvalue weighted by molar-refractivity contribution is 0.158. The Bertz CT molecular complexity index is 440. The van der Waals surface area contributed by atoms with Gasteiger partial charge in [-0.15, -0.1) is 6.58 Å². The number of likely N-dealkylation sites (tertiary alicyclic amines) is 1. The topological polar surface area (TPSA) is 29.3 Å². The number of halogens is 1. The summed E-state index contributed by atoms with van der Waals surface area (Å²) in [6, 6.07) is 6.93. The number of nitrogens with zero attached hydrogens (tertiary/aromatic N) is 1. The van der Waals surface area contributed by atoms with Crippen molar-refractivity contribution in [3.8, 4) is 0 Å². The standard InChI is InChI=1S/C16H23FN2/c1-3-10-16(18,13(2)19-11-6-7-12-19)14-8-4-5-9-15(14)17/h3-5,8-9,13H,1,6-7,10-12,18H2,2H3. The molecule has 2 nitrogen and oxygen atoms in total. The van der Waals surface area contributed by atoms with Gasteiger partial charge >= 0.3 is 0 Å². The van der Waals surface area contributed by atoms with E-state index in [1.807, 2.05) is 6.07 Å². The molecule has 0 bridgehead atoms. The predicted molar refractivity (Wildman–Crippen MR) is 77.3 cm³/mol. The zero-order chi connectivity index (χ0) is 13.9. The summed E-state index contributed by atoms with van der Waals surface area (Å²) in [5, 5.41) is 0. The largest absolute Gasteiger partial charge is 0.320 e. The van der Waals surface area contributed by atoms with Crippen LogP contribution in [0.25, 0.3) is 0 Å². The molecule has 0 aliphatic carbocycles. The van der Waals surface area contributed by atoms with Gasteiger partial charge in [-0.1, -0.05) is 24.3 Å². The summed E-state index contributed by atoms with van der Waals surface area (Å²) in [5.41, 5.74) is 6.48. The number of hydrogen-bond acceptors (Lipinski definition) is 2. The van der Waals surface area contributed by atoms with Gasteiger partial charge in [0.1, 0.15) is 5.82 Å². The summed E-state index contributed by atoms with van der Waals surface area (Å²) < 4.78 is 14.1. The van der Waals surface area contributed by atoms with Crippen molar-refractivity contribution in [3.63, 3.8) is 0 Å². The molecule has 2 atom stereocenters. The van der Waals surface area contributed by atoms with E-state index in [4.69, 9.17) is 5.73 Å². The molecule has 1 fully saturated rings. The van der Waals surface area contributed by atoms with Crippen LogP contribution in [0.5, 0.6) is 0 Å². The molecule has 1 aliphatic rings. The van der Waals surface area contributed by atoms with E-state index < -0.39 is 5.54 Å². The fraction of sp³-hybridized carbons (Fsp3) is 0.500.